The van der Waals surface area contributed by atoms with E-state index in [0.717, 1.165) is 13.0 Å². The second-order valence-electron chi connectivity index (χ2n) is 4.97. The lowest BCUT2D eigenvalue weighted by molar-refractivity contribution is -0.121. The summed E-state index contributed by atoms with van der Waals surface area (Å²) in [5, 5.41) is 9.94. The van der Waals surface area contributed by atoms with Gasteiger partial charge in [-0.15, -0.1) is 0 Å². The fourth-order valence-electron chi connectivity index (χ4n) is 1.65. The third-order valence-electron chi connectivity index (χ3n) is 2.57. The Kier molecular flexibility index (Phi) is 7.61. The van der Waals surface area contributed by atoms with Crippen molar-refractivity contribution in [3.05, 3.63) is 16.1 Å². The van der Waals surface area contributed by atoms with Gasteiger partial charge in [-0.2, -0.15) is 0 Å². The number of amides is 1. The molecule has 5 nitrogen and oxygen atoms in total. The van der Waals surface area contributed by atoms with E-state index < -0.39 is 0 Å². The average molecular weight is 333 g/mol. The third-order valence-corrected chi connectivity index (χ3v) is 3.14. The summed E-state index contributed by atoms with van der Waals surface area (Å²) in [7, 11) is 0. The number of nitrogens with one attached hydrogen (secondary N) is 3. The maximum atomic E-state index is 11.6. The monoisotopic (exact) mass is 332 g/mol. The topological polar surface area (TPSA) is 66.0 Å². The van der Waals surface area contributed by atoms with Gasteiger partial charge in [-0.1, -0.05) is 30.1 Å². The largest absolute Gasteiger partial charge is 0.369 e. The third kappa shape index (κ3) is 6.40. The second-order valence-corrected chi connectivity index (χ2v) is 5.79. The van der Waals surface area contributed by atoms with Gasteiger partial charge in [-0.3, -0.25) is 4.79 Å². The van der Waals surface area contributed by atoms with Crippen molar-refractivity contribution in [3.8, 4) is 0 Å². The van der Waals surface area contributed by atoms with Crippen molar-refractivity contribution in [2.24, 2.45) is 0 Å². The van der Waals surface area contributed by atoms with E-state index in [4.69, 9.17) is 23.2 Å². The molecular weight excluding hydrogens is 311 g/mol. The van der Waals surface area contributed by atoms with Crippen molar-refractivity contribution in [1.29, 1.82) is 0 Å². The number of carbonyl (C=O) groups is 1. The minimum absolute atomic E-state index is 0.00748. The molecule has 1 aromatic rings. The lowest BCUT2D eigenvalue weighted by Crippen LogP contribution is -2.31. The van der Waals surface area contributed by atoms with Crippen molar-refractivity contribution in [2.75, 3.05) is 23.7 Å². The van der Waals surface area contributed by atoms with Crippen molar-refractivity contribution in [2.45, 2.75) is 39.7 Å². The quantitative estimate of drug-likeness (QED) is 0.681. The standard InChI is InChI=1S/C14H22Cl2N4O/c1-4-6-17-13-10(15)8-11(16)14(20-13)18-7-5-12(21)19-9(2)3/h8-9H,4-7H2,1-3H3,(H,19,21)(H2,17,18,20). The molecule has 0 bridgehead atoms. The molecule has 0 unspecified atom stereocenters. The van der Waals surface area contributed by atoms with Gasteiger partial charge in [-0.05, 0) is 26.3 Å². The van der Waals surface area contributed by atoms with Crippen LogP contribution < -0.4 is 16.0 Å². The predicted molar refractivity (Wildman–Crippen MR) is 89.4 cm³/mol. The summed E-state index contributed by atoms with van der Waals surface area (Å²) in [6, 6.07) is 1.78. The predicted octanol–water partition coefficient (Wildman–Crippen LogP) is 3.54. The first-order chi connectivity index (χ1) is 9.93. The van der Waals surface area contributed by atoms with Crippen molar-refractivity contribution >= 4 is 40.7 Å². The number of anilines is 2. The molecule has 0 aromatic carbocycles. The van der Waals surface area contributed by atoms with Crippen LogP contribution in [0.4, 0.5) is 11.6 Å². The summed E-state index contributed by atoms with van der Waals surface area (Å²) >= 11 is 12.2. The van der Waals surface area contributed by atoms with Crippen LogP contribution >= 0.6 is 23.2 Å². The molecule has 0 aliphatic heterocycles. The summed E-state index contributed by atoms with van der Waals surface area (Å²) in [5.74, 6) is 1.11. The number of rotatable bonds is 8. The van der Waals surface area contributed by atoms with Gasteiger partial charge in [0.25, 0.3) is 0 Å². The Bertz CT molecular complexity index is 480. The molecule has 0 saturated carbocycles. The zero-order valence-electron chi connectivity index (χ0n) is 12.6. The van der Waals surface area contributed by atoms with Crippen LogP contribution in [-0.4, -0.2) is 30.0 Å². The summed E-state index contributed by atoms with van der Waals surface area (Å²) in [4.78, 5) is 15.9. The van der Waals surface area contributed by atoms with Crippen LogP contribution in [0.2, 0.25) is 10.0 Å². The van der Waals surface area contributed by atoms with Crippen molar-refractivity contribution < 1.29 is 4.79 Å². The van der Waals surface area contributed by atoms with E-state index in [1.807, 2.05) is 13.8 Å². The highest BCUT2D eigenvalue weighted by molar-refractivity contribution is 6.37. The molecule has 7 heteroatoms. The summed E-state index contributed by atoms with van der Waals surface area (Å²) < 4.78 is 0. The molecule has 0 spiro atoms. The maximum absolute atomic E-state index is 11.6. The first kappa shape index (κ1) is 17.9. The van der Waals surface area contributed by atoms with Gasteiger partial charge >= 0.3 is 0 Å². The number of aromatic nitrogens is 1. The molecule has 0 aliphatic carbocycles. The van der Waals surface area contributed by atoms with Crippen LogP contribution in [0.15, 0.2) is 6.07 Å². The Labute approximate surface area is 135 Å². The minimum Gasteiger partial charge on any atom is -0.369 e. The minimum atomic E-state index is -0.00748. The molecule has 1 rings (SSSR count). The number of hydrogen-bond acceptors (Lipinski definition) is 4. The molecule has 1 heterocycles. The van der Waals surface area contributed by atoms with Crippen LogP contribution in [0.5, 0.6) is 0 Å². The van der Waals surface area contributed by atoms with Gasteiger partial charge in [0, 0.05) is 25.6 Å². The highest BCUT2D eigenvalue weighted by Crippen LogP contribution is 2.29. The molecule has 0 radical (unpaired) electrons. The van der Waals surface area contributed by atoms with Gasteiger partial charge in [0.2, 0.25) is 5.91 Å². The van der Waals surface area contributed by atoms with Gasteiger partial charge in [0.1, 0.15) is 11.6 Å². The highest BCUT2D eigenvalue weighted by Gasteiger charge is 2.09. The SMILES string of the molecule is CCCNc1nc(NCCC(=O)NC(C)C)c(Cl)cc1Cl. The molecule has 118 valence electrons. The van der Waals surface area contributed by atoms with Gasteiger partial charge in [-0.25, -0.2) is 4.98 Å². The van der Waals surface area contributed by atoms with E-state index >= 15 is 0 Å². The summed E-state index contributed by atoms with van der Waals surface area (Å²) in [5.41, 5.74) is 0. The smallest absolute Gasteiger partial charge is 0.221 e. The van der Waals surface area contributed by atoms with Crippen molar-refractivity contribution in [3.63, 3.8) is 0 Å². The van der Waals surface area contributed by atoms with Crippen LogP contribution in [0, 0.1) is 0 Å². The number of carbonyl (C=O) groups excluding carboxylic acids is 1. The fraction of sp³-hybridized carbons (Fsp3) is 0.571. The highest BCUT2D eigenvalue weighted by atomic mass is 35.5. The van der Waals surface area contributed by atoms with Crippen LogP contribution in [-0.2, 0) is 4.79 Å². The normalized spacial score (nSPS) is 10.6. The van der Waals surface area contributed by atoms with Gasteiger partial charge < -0.3 is 16.0 Å². The zero-order valence-corrected chi connectivity index (χ0v) is 14.1. The van der Waals surface area contributed by atoms with Gasteiger partial charge in [0.05, 0.1) is 10.0 Å². The fourth-order valence-corrected chi connectivity index (χ4v) is 2.14. The Morgan fingerprint density at radius 3 is 2.29 bits per heavy atom. The maximum Gasteiger partial charge on any atom is 0.221 e. The van der Waals surface area contributed by atoms with Crippen molar-refractivity contribution in [1.82, 2.24) is 10.3 Å². The Morgan fingerprint density at radius 1 is 1.19 bits per heavy atom. The molecular formula is C14H22Cl2N4O. The molecule has 0 aliphatic rings. The first-order valence-corrected chi connectivity index (χ1v) is 7.82. The lowest BCUT2D eigenvalue weighted by Gasteiger charge is -2.12. The molecule has 1 amide bonds. The number of halogens is 2. The first-order valence-electron chi connectivity index (χ1n) is 7.07. The van der Waals surface area contributed by atoms with Crippen LogP contribution in [0.25, 0.3) is 0 Å². The number of hydrogen-bond donors (Lipinski definition) is 3. The second kappa shape index (κ2) is 8.95. The van der Waals surface area contributed by atoms with E-state index in [1.54, 1.807) is 6.07 Å². The van der Waals surface area contributed by atoms with E-state index in [2.05, 4.69) is 27.9 Å². The molecule has 0 atom stereocenters. The van der Waals surface area contributed by atoms with Crippen LogP contribution in [0.1, 0.15) is 33.6 Å². The van der Waals surface area contributed by atoms with E-state index in [1.165, 1.54) is 0 Å². The number of nitrogens with zero attached hydrogens (tertiary/aromatic N) is 1. The molecule has 0 fully saturated rings. The summed E-state index contributed by atoms with van der Waals surface area (Å²) in [6.07, 6.45) is 1.33. The Morgan fingerprint density at radius 2 is 1.76 bits per heavy atom. The molecule has 21 heavy (non-hydrogen) atoms. The zero-order chi connectivity index (χ0) is 15.8. The molecule has 3 N–H and O–H groups in total. The van der Waals surface area contributed by atoms with Crippen LogP contribution in [0.3, 0.4) is 0 Å². The van der Waals surface area contributed by atoms with E-state index in [0.29, 0.717) is 34.6 Å². The molecule has 1 aromatic heterocycles. The lowest BCUT2D eigenvalue weighted by atomic mass is 10.3. The van der Waals surface area contributed by atoms with E-state index in [9.17, 15) is 4.79 Å². The average Bonchev–Trinajstić information content (AvgIpc) is 2.39. The number of pyridine rings is 1. The Hall–Kier alpha value is -1.20. The van der Waals surface area contributed by atoms with E-state index in [-0.39, 0.29) is 11.9 Å². The van der Waals surface area contributed by atoms with Gasteiger partial charge in [0.15, 0.2) is 0 Å². The Balaban J connectivity index is 2.59. The summed E-state index contributed by atoms with van der Waals surface area (Å²) in [6.45, 7) is 7.15. The molecule has 0 saturated heterocycles.